The van der Waals surface area contributed by atoms with Crippen LogP contribution in [0.4, 0.5) is 0 Å². The Labute approximate surface area is 65.9 Å². The summed E-state index contributed by atoms with van der Waals surface area (Å²) in [5, 5.41) is 33.1. The van der Waals surface area contributed by atoms with Crippen molar-refractivity contribution in [3.8, 4) is 0 Å². The SMILES string of the molecule is O=C(O)CC(O)(O)C(=O)C(=O)O. The maximum absolute atomic E-state index is 10.3. The summed E-state index contributed by atoms with van der Waals surface area (Å²) in [6, 6.07) is 0. The van der Waals surface area contributed by atoms with Gasteiger partial charge in [-0.15, -0.1) is 0 Å². The number of carbonyl (C=O) groups excluding carboxylic acids is 1. The molecule has 0 fully saturated rings. The zero-order valence-corrected chi connectivity index (χ0v) is 5.72. The first-order chi connectivity index (χ1) is 5.27. The Balaban J connectivity index is 4.50. The molecule has 0 amide bonds. The molecule has 0 saturated carbocycles. The van der Waals surface area contributed by atoms with Crippen LogP contribution in [0.2, 0.25) is 0 Å². The maximum atomic E-state index is 10.3. The summed E-state index contributed by atoms with van der Waals surface area (Å²) in [7, 11) is 0. The highest BCUT2D eigenvalue weighted by Gasteiger charge is 2.40. The second kappa shape index (κ2) is 3.28. The molecule has 0 spiro atoms. The van der Waals surface area contributed by atoms with E-state index in [0.29, 0.717) is 0 Å². The number of carbonyl (C=O) groups is 3. The van der Waals surface area contributed by atoms with E-state index in [9.17, 15) is 14.4 Å². The predicted molar refractivity (Wildman–Crippen MR) is 32.1 cm³/mol. The second-order valence-corrected chi connectivity index (χ2v) is 2.02. The zero-order valence-electron chi connectivity index (χ0n) is 5.72. The Morgan fingerprint density at radius 1 is 1.08 bits per heavy atom. The third-order valence-corrected chi connectivity index (χ3v) is 0.956. The number of rotatable bonds is 4. The van der Waals surface area contributed by atoms with Gasteiger partial charge in [0, 0.05) is 0 Å². The largest absolute Gasteiger partial charge is 0.481 e. The molecular weight excluding hydrogens is 172 g/mol. The summed E-state index contributed by atoms with van der Waals surface area (Å²) in [5.74, 6) is -9.08. The Hall–Kier alpha value is -1.47. The number of carboxylic acids is 2. The molecule has 0 aliphatic carbocycles. The van der Waals surface area contributed by atoms with Gasteiger partial charge in [0.15, 0.2) is 0 Å². The molecule has 0 atom stereocenters. The molecular formula is C5H6O7. The van der Waals surface area contributed by atoms with Crippen LogP contribution in [-0.2, 0) is 14.4 Å². The molecule has 0 aromatic carbocycles. The quantitative estimate of drug-likeness (QED) is 0.283. The van der Waals surface area contributed by atoms with E-state index in [1.165, 1.54) is 0 Å². The van der Waals surface area contributed by atoms with Gasteiger partial charge in [0.2, 0.25) is 5.79 Å². The van der Waals surface area contributed by atoms with E-state index in [1.54, 1.807) is 0 Å². The molecule has 0 unspecified atom stereocenters. The fourth-order valence-corrected chi connectivity index (χ4v) is 0.462. The number of hydrogen-bond acceptors (Lipinski definition) is 5. The molecule has 7 nitrogen and oxygen atoms in total. The van der Waals surface area contributed by atoms with Crippen molar-refractivity contribution in [2.75, 3.05) is 0 Å². The first-order valence-corrected chi connectivity index (χ1v) is 2.71. The monoisotopic (exact) mass is 178 g/mol. The lowest BCUT2D eigenvalue weighted by Crippen LogP contribution is -2.44. The summed E-state index contributed by atoms with van der Waals surface area (Å²) in [4.78, 5) is 30.1. The Morgan fingerprint density at radius 2 is 1.50 bits per heavy atom. The van der Waals surface area contributed by atoms with Crippen LogP contribution >= 0.6 is 0 Å². The lowest BCUT2D eigenvalue weighted by Gasteiger charge is -2.14. The van der Waals surface area contributed by atoms with E-state index in [2.05, 4.69) is 0 Å². The van der Waals surface area contributed by atoms with Gasteiger partial charge in [-0.2, -0.15) is 0 Å². The van der Waals surface area contributed by atoms with E-state index in [4.69, 9.17) is 20.4 Å². The molecule has 68 valence electrons. The fourth-order valence-electron chi connectivity index (χ4n) is 0.462. The van der Waals surface area contributed by atoms with Gasteiger partial charge in [-0.1, -0.05) is 0 Å². The van der Waals surface area contributed by atoms with Crippen LogP contribution in [0.1, 0.15) is 6.42 Å². The summed E-state index contributed by atoms with van der Waals surface area (Å²) in [5.41, 5.74) is 0. The Morgan fingerprint density at radius 3 is 1.75 bits per heavy atom. The number of aliphatic hydroxyl groups is 2. The molecule has 0 radical (unpaired) electrons. The van der Waals surface area contributed by atoms with Crippen molar-refractivity contribution in [1.29, 1.82) is 0 Å². The molecule has 12 heavy (non-hydrogen) atoms. The number of Topliss-reactive ketones (excluding diaryl/α,β-unsaturated/α-hetero) is 1. The van der Waals surface area contributed by atoms with Gasteiger partial charge in [-0.3, -0.25) is 9.59 Å². The first-order valence-electron chi connectivity index (χ1n) is 2.71. The fraction of sp³-hybridized carbons (Fsp3) is 0.400. The van der Waals surface area contributed by atoms with Gasteiger partial charge in [-0.25, -0.2) is 4.79 Å². The standard InChI is InChI=1S/C5H6O7/c6-2(7)1-5(11,12)3(8)4(9)10/h11-12H,1H2,(H,6,7)(H,9,10). The number of carboxylic acid groups (broad SMARTS) is 2. The number of hydrogen-bond donors (Lipinski definition) is 4. The highest BCUT2D eigenvalue weighted by molar-refractivity contribution is 6.35. The topological polar surface area (TPSA) is 132 Å². The molecule has 7 heteroatoms. The van der Waals surface area contributed by atoms with E-state index in [0.717, 1.165) is 0 Å². The van der Waals surface area contributed by atoms with Gasteiger partial charge in [0.05, 0.1) is 0 Å². The van der Waals surface area contributed by atoms with Crippen molar-refractivity contribution in [2.24, 2.45) is 0 Å². The normalized spacial score (nSPS) is 10.8. The second-order valence-electron chi connectivity index (χ2n) is 2.02. The third-order valence-electron chi connectivity index (χ3n) is 0.956. The minimum absolute atomic E-state index is 1.36. The van der Waals surface area contributed by atoms with Gasteiger partial charge < -0.3 is 20.4 Å². The first kappa shape index (κ1) is 10.5. The van der Waals surface area contributed by atoms with Gasteiger partial charge in [0.25, 0.3) is 5.78 Å². The molecule has 0 saturated heterocycles. The molecule has 0 aromatic rings. The lowest BCUT2D eigenvalue weighted by molar-refractivity contribution is -0.195. The molecule has 0 rings (SSSR count). The molecule has 0 aromatic heterocycles. The van der Waals surface area contributed by atoms with Crippen LogP contribution in [0.3, 0.4) is 0 Å². The van der Waals surface area contributed by atoms with Crippen molar-refractivity contribution in [1.82, 2.24) is 0 Å². The van der Waals surface area contributed by atoms with E-state index < -0.39 is 29.9 Å². The highest BCUT2D eigenvalue weighted by atomic mass is 16.5. The molecule has 0 heterocycles. The summed E-state index contributed by atoms with van der Waals surface area (Å²) in [6.07, 6.45) is -1.36. The maximum Gasteiger partial charge on any atom is 0.378 e. The lowest BCUT2D eigenvalue weighted by atomic mass is 10.1. The zero-order chi connectivity index (χ0) is 9.94. The predicted octanol–water partition coefficient (Wildman–Crippen LogP) is -2.20. The molecule has 4 N–H and O–H groups in total. The average molecular weight is 178 g/mol. The average Bonchev–Trinajstić information content (AvgIpc) is 1.82. The molecule has 0 aliphatic heterocycles. The van der Waals surface area contributed by atoms with Gasteiger partial charge in [-0.05, 0) is 0 Å². The smallest absolute Gasteiger partial charge is 0.378 e. The minimum atomic E-state index is -3.34. The molecule has 0 aliphatic rings. The van der Waals surface area contributed by atoms with E-state index >= 15 is 0 Å². The molecule has 0 bridgehead atoms. The number of aliphatic carboxylic acids is 2. The van der Waals surface area contributed by atoms with E-state index in [1.807, 2.05) is 0 Å². The van der Waals surface area contributed by atoms with Crippen LogP contribution in [-0.4, -0.2) is 43.9 Å². The van der Waals surface area contributed by atoms with Crippen LogP contribution in [0, 0.1) is 0 Å². The van der Waals surface area contributed by atoms with Crippen LogP contribution in [0.15, 0.2) is 0 Å². The van der Waals surface area contributed by atoms with Crippen molar-refractivity contribution in [3.63, 3.8) is 0 Å². The summed E-state index contributed by atoms with van der Waals surface area (Å²) in [6.45, 7) is 0. The third kappa shape index (κ3) is 2.64. The summed E-state index contributed by atoms with van der Waals surface area (Å²) >= 11 is 0. The van der Waals surface area contributed by atoms with Crippen LogP contribution in [0.5, 0.6) is 0 Å². The minimum Gasteiger partial charge on any atom is -0.481 e. The number of ketones is 1. The van der Waals surface area contributed by atoms with Crippen LogP contribution < -0.4 is 0 Å². The Bertz CT molecular complexity index is 228. The van der Waals surface area contributed by atoms with Crippen molar-refractivity contribution in [2.45, 2.75) is 12.2 Å². The summed E-state index contributed by atoms with van der Waals surface area (Å²) < 4.78 is 0. The van der Waals surface area contributed by atoms with Crippen LogP contribution in [0.25, 0.3) is 0 Å². The van der Waals surface area contributed by atoms with Crippen molar-refractivity contribution in [3.05, 3.63) is 0 Å². The highest BCUT2D eigenvalue weighted by Crippen LogP contribution is 2.07. The van der Waals surface area contributed by atoms with Gasteiger partial charge >= 0.3 is 11.9 Å². The van der Waals surface area contributed by atoms with E-state index in [-0.39, 0.29) is 0 Å². The Kier molecular flexibility index (Phi) is 2.88. The van der Waals surface area contributed by atoms with Gasteiger partial charge in [0.1, 0.15) is 6.42 Å². The van der Waals surface area contributed by atoms with Crippen molar-refractivity contribution >= 4 is 17.7 Å². The van der Waals surface area contributed by atoms with Crippen molar-refractivity contribution < 1.29 is 34.8 Å².